The maximum Gasteiger partial charge on any atom is 0.222 e. The number of benzene rings is 2. The first-order valence-corrected chi connectivity index (χ1v) is 16.2. The van der Waals surface area contributed by atoms with Crippen LogP contribution in [0.2, 0.25) is 0 Å². The van der Waals surface area contributed by atoms with E-state index in [9.17, 15) is 9.90 Å². The number of nitrogens with zero attached hydrogens (tertiary/aromatic N) is 3. The quantitative estimate of drug-likeness (QED) is 0.157. The van der Waals surface area contributed by atoms with Crippen molar-refractivity contribution in [3.63, 3.8) is 0 Å². The molecule has 1 atom stereocenters. The SMILES string of the molecule is COCCCn1c(C2CCCN(C(=O)CCCc3ccc(-c4ccc(NC(C)(C)CO)nc4)cc3)C2)c(C)c2cccc(F)c21. The Bertz CT molecular complexity index is 1580. The molecule has 5 rings (SSSR count). The molecule has 7 nitrogen and oxygen atoms in total. The van der Waals surface area contributed by atoms with Crippen LogP contribution in [-0.4, -0.2) is 64.4 Å². The number of carbonyl (C=O) groups is 1. The number of hydrogen-bond donors (Lipinski definition) is 2. The van der Waals surface area contributed by atoms with Gasteiger partial charge in [0.15, 0.2) is 0 Å². The summed E-state index contributed by atoms with van der Waals surface area (Å²) in [5.41, 5.74) is 5.85. The van der Waals surface area contributed by atoms with Crippen molar-refractivity contribution in [2.75, 3.05) is 38.7 Å². The van der Waals surface area contributed by atoms with Gasteiger partial charge in [0.25, 0.3) is 0 Å². The molecule has 45 heavy (non-hydrogen) atoms. The Morgan fingerprint density at radius 2 is 1.89 bits per heavy atom. The van der Waals surface area contributed by atoms with Crippen LogP contribution < -0.4 is 5.32 Å². The number of aliphatic hydroxyl groups excluding tert-OH is 1. The van der Waals surface area contributed by atoms with Gasteiger partial charge in [-0.15, -0.1) is 0 Å². The minimum absolute atomic E-state index is 0.0198. The second-order valence-electron chi connectivity index (χ2n) is 13.0. The number of para-hydroxylation sites is 1. The monoisotopic (exact) mass is 614 g/mol. The van der Waals surface area contributed by atoms with Crippen LogP contribution in [0.1, 0.15) is 68.7 Å². The summed E-state index contributed by atoms with van der Waals surface area (Å²) in [5.74, 6) is 0.922. The van der Waals surface area contributed by atoms with Crippen molar-refractivity contribution in [2.45, 2.75) is 77.3 Å². The van der Waals surface area contributed by atoms with Crippen molar-refractivity contribution >= 4 is 22.6 Å². The van der Waals surface area contributed by atoms with Gasteiger partial charge < -0.3 is 24.6 Å². The molecule has 2 aromatic carbocycles. The van der Waals surface area contributed by atoms with E-state index in [0.29, 0.717) is 31.6 Å². The number of fused-ring (bicyclic) bond motifs is 1. The van der Waals surface area contributed by atoms with Crippen LogP contribution in [0, 0.1) is 12.7 Å². The summed E-state index contributed by atoms with van der Waals surface area (Å²) < 4.78 is 22.5. The smallest absolute Gasteiger partial charge is 0.222 e. The maximum atomic E-state index is 15.1. The number of halogens is 1. The molecule has 0 aliphatic carbocycles. The third-order valence-corrected chi connectivity index (χ3v) is 9.00. The van der Waals surface area contributed by atoms with E-state index in [-0.39, 0.29) is 24.2 Å². The molecule has 1 amide bonds. The molecule has 1 saturated heterocycles. The van der Waals surface area contributed by atoms with Crippen molar-refractivity contribution in [1.82, 2.24) is 14.5 Å². The third kappa shape index (κ3) is 7.74. The predicted octanol–water partition coefficient (Wildman–Crippen LogP) is 7.10. The summed E-state index contributed by atoms with van der Waals surface area (Å²) >= 11 is 0. The molecule has 0 radical (unpaired) electrons. The molecule has 1 aliphatic heterocycles. The zero-order chi connectivity index (χ0) is 32.0. The van der Waals surface area contributed by atoms with E-state index < -0.39 is 5.54 Å². The van der Waals surface area contributed by atoms with Gasteiger partial charge in [0.1, 0.15) is 11.6 Å². The first-order chi connectivity index (χ1) is 21.7. The normalized spacial score (nSPS) is 15.5. The van der Waals surface area contributed by atoms with Crippen LogP contribution in [0.15, 0.2) is 60.8 Å². The number of rotatable bonds is 13. The highest BCUT2D eigenvalue weighted by molar-refractivity contribution is 5.86. The van der Waals surface area contributed by atoms with E-state index in [2.05, 4.69) is 46.1 Å². The summed E-state index contributed by atoms with van der Waals surface area (Å²) in [4.78, 5) is 19.9. The number of aliphatic hydroxyl groups is 1. The molecule has 8 heteroatoms. The van der Waals surface area contributed by atoms with Crippen molar-refractivity contribution in [3.05, 3.63) is 83.4 Å². The minimum Gasteiger partial charge on any atom is -0.394 e. The van der Waals surface area contributed by atoms with E-state index in [4.69, 9.17) is 4.74 Å². The lowest BCUT2D eigenvalue weighted by Gasteiger charge is -2.34. The molecule has 1 aliphatic rings. The van der Waals surface area contributed by atoms with E-state index in [1.165, 1.54) is 17.3 Å². The van der Waals surface area contributed by atoms with Gasteiger partial charge >= 0.3 is 0 Å². The van der Waals surface area contributed by atoms with Crippen LogP contribution in [0.3, 0.4) is 0 Å². The van der Waals surface area contributed by atoms with Gasteiger partial charge in [0, 0.05) is 68.5 Å². The average Bonchev–Trinajstić information content (AvgIpc) is 3.34. The lowest BCUT2D eigenvalue weighted by Crippen LogP contribution is -2.39. The maximum absolute atomic E-state index is 15.1. The Morgan fingerprint density at radius 1 is 1.11 bits per heavy atom. The highest BCUT2D eigenvalue weighted by Gasteiger charge is 2.29. The van der Waals surface area contributed by atoms with Crippen LogP contribution in [-0.2, 0) is 22.5 Å². The molecule has 2 N–H and O–H groups in total. The number of hydrogen-bond acceptors (Lipinski definition) is 5. The topological polar surface area (TPSA) is 79.6 Å². The fraction of sp³-hybridized carbons (Fsp3) is 0.459. The Labute approximate surface area is 266 Å². The number of methoxy groups -OCH3 is 1. The molecular weight excluding hydrogens is 567 g/mol. The fourth-order valence-corrected chi connectivity index (χ4v) is 6.60. The van der Waals surface area contributed by atoms with E-state index in [1.807, 2.05) is 43.1 Å². The number of amides is 1. The molecule has 2 aromatic heterocycles. The number of anilines is 1. The zero-order valence-electron chi connectivity index (χ0n) is 27.1. The highest BCUT2D eigenvalue weighted by atomic mass is 19.1. The first kappa shape index (κ1) is 32.6. The Morgan fingerprint density at radius 3 is 2.60 bits per heavy atom. The van der Waals surface area contributed by atoms with Crippen molar-refractivity contribution in [1.29, 1.82) is 0 Å². The molecule has 240 valence electrons. The number of carbonyl (C=O) groups excluding carboxylic acids is 1. The van der Waals surface area contributed by atoms with Gasteiger partial charge in [0.2, 0.25) is 5.91 Å². The van der Waals surface area contributed by atoms with Crippen LogP contribution >= 0.6 is 0 Å². The number of pyridine rings is 1. The lowest BCUT2D eigenvalue weighted by atomic mass is 9.91. The summed E-state index contributed by atoms with van der Waals surface area (Å²) in [6, 6.07) is 17.7. The van der Waals surface area contributed by atoms with E-state index in [0.717, 1.165) is 66.5 Å². The van der Waals surface area contributed by atoms with Gasteiger partial charge in [0.05, 0.1) is 17.7 Å². The van der Waals surface area contributed by atoms with Crippen LogP contribution in [0.4, 0.5) is 10.2 Å². The van der Waals surface area contributed by atoms with Gasteiger partial charge in [-0.1, -0.05) is 36.4 Å². The number of ether oxygens (including phenoxy) is 1. The molecule has 4 aromatic rings. The number of piperidine rings is 1. The van der Waals surface area contributed by atoms with Gasteiger partial charge in [-0.2, -0.15) is 0 Å². The van der Waals surface area contributed by atoms with Crippen molar-refractivity contribution in [3.8, 4) is 11.1 Å². The lowest BCUT2D eigenvalue weighted by molar-refractivity contribution is -0.132. The minimum atomic E-state index is -0.432. The van der Waals surface area contributed by atoms with Gasteiger partial charge in [-0.05, 0) is 87.8 Å². The average molecular weight is 615 g/mol. The van der Waals surface area contributed by atoms with Gasteiger partial charge in [-0.3, -0.25) is 4.79 Å². The third-order valence-electron chi connectivity index (χ3n) is 9.00. The molecule has 1 unspecified atom stereocenters. The second kappa shape index (κ2) is 14.6. The number of likely N-dealkylation sites (tertiary alicyclic amines) is 1. The second-order valence-corrected chi connectivity index (χ2v) is 13.0. The molecule has 0 saturated carbocycles. The summed E-state index contributed by atoms with van der Waals surface area (Å²) in [7, 11) is 1.69. The Balaban J connectivity index is 1.18. The fourth-order valence-electron chi connectivity index (χ4n) is 6.60. The molecule has 3 heterocycles. The van der Waals surface area contributed by atoms with Crippen LogP contribution in [0.25, 0.3) is 22.0 Å². The first-order valence-electron chi connectivity index (χ1n) is 16.2. The molecule has 1 fully saturated rings. The zero-order valence-corrected chi connectivity index (χ0v) is 27.1. The summed E-state index contributed by atoms with van der Waals surface area (Å²) in [5, 5.41) is 13.7. The van der Waals surface area contributed by atoms with Gasteiger partial charge in [-0.25, -0.2) is 9.37 Å². The molecule has 0 bridgehead atoms. The number of aromatic nitrogens is 2. The van der Waals surface area contributed by atoms with E-state index in [1.54, 1.807) is 13.2 Å². The molecular formula is C37H47FN4O3. The van der Waals surface area contributed by atoms with Crippen LogP contribution in [0.5, 0.6) is 0 Å². The largest absolute Gasteiger partial charge is 0.394 e. The van der Waals surface area contributed by atoms with Crippen molar-refractivity contribution < 1.29 is 19.0 Å². The summed E-state index contributed by atoms with van der Waals surface area (Å²) in [6.07, 6.45) is 6.74. The highest BCUT2D eigenvalue weighted by Crippen LogP contribution is 2.37. The number of aryl methyl sites for hydroxylation is 3. The summed E-state index contributed by atoms with van der Waals surface area (Å²) in [6.45, 7) is 8.74. The van der Waals surface area contributed by atoms with Crippen molar-refractivity contribution in [2.24, 2.45) is 0 Å². The number of nitrogens with one attached hydrogen (secondary N) is 1. The van der Waals surface area contributed by atoms with E-state index >= 15 is 4.39 Å². The predicted molar refractivity (Wildman–Crippen MR) is 179 cm³/mol. The standard InChI is InChI=1S/C37H47FN4O3/c1-26-31-11-6-12-32(38)36(31)42(21-8-22-45-4)35(26)30-10-7-20-41(24-30)34(44)13-5-9-27-14-16-28(17-15-27)29-18-19-33(39-23-29)40-37(2,3)25-43/h6,11-12,14-19,23,30,43H,5,7-10,13,20-22,24-25H2,1-4H3,(H,39,40). The molecule has 0 spiro atoms. The Hall–Kier alpha value is -3.75. The Kier molecular flexibility index (Phi) is 10.6.